The van der Waals surface area contributed by atoms with Crippen molar-refractivity contribution in [2.45, 2.75) is 13.8 Å². The zero-order chi connectivity index (χ0) is 16.0. The van der Waals surface area contributed by atoms with Gasteiger partial charge in [-0.2, -0.15) is 0 Å². The summed E-state index contributed by atoms with van der Waals surface area (Å²) in [6.45, 7) is 3.78. The number of carbonyl (C=O) groups excluding carboxylic acids is 1. The van der Waals surface area contributed by atoms with Crippen molar-refractivity contribution in [1.82, 2.24) is 4.90 Å². The molecule has 0 aliphatic rings. The fourth-order valence-corrected chi connectivity index (χ4v) is 1.92. The Labute approximate surface area is 121 Å². The van der Waals surface area contributed by atoms with Gasteiger partial charge in [0.05, 0.1) is 13.1 Å². The van der Waals surface area contributed by atoms with Gasteiger partial charge in [0, 0.05) is 18.3 Å². The maximum Gasteiger partial charge on any atom is 0.317 e. The normalized spacial score (nSPS) is 11.0. The number of hydrogen-bond donors (Lipinski definition) is 2. The molecular weight excluding hydrogens is 282 g/mol. The number of halogens is 2. The Kier molecular flexibility index (Phi) is 6.23. The van der Waals surface area contributed by atoms with Crippen LogP contribution in [0.15, 0.2) is 18.2 Å². The van der Waals surface area contributed by atoms with Crippen LogP contribution in [0.1, 0.15) is 13.8 Å². The van der Waals surface area contributed by atoms with E-state index >= 15 is 0 Å². The molecule has 0 heterocycles. The van der Waals surface area contributed by atoms with E-state index in [0.717, 1.165) is 12.1 Å². The number of anilines is 1. The zero-order valence-corrected chi connectivity index (χ0v) is 11.9. The van der Waals surface area contributed by atoms with E-state index in [1.165, 1.54) is 4.90 Å². The molecule has 0 aliphatic carbocycles. The van der Waals surface area contributed by atoms with E-state index in [0.29, 0.717) is 12.6 Å². The van der Waals surface area contributed by atoms with E-state index in [1.54, 1.807) is 0 Å². The van der Waals surface area contributed by atoms with Crippen LogP contribution in [0.2, 0.25) is 0 Å². The van der Waals surface area contributed by atoms with Gasteiger partial charge in [-0.15, -0.1) is 0 Å². The van der Waals surface area contributed by atoms with Crippen molar-refractivity contribution in [3.05, 3.63) is 29.8 Å². The van der Waals surface area contributed by atoms with Crippen molar-refractivity contribution in [2.75, 3.05) is 25.0 Å². The molecular formula is C14H18F2N2O3. The highest BCUT2D eigenvalue weighted by molar-refractivity contribution is 5.92. The van der Waals surface area contributed by atoms with Crippen LogP contribution in [0.25, 0.3) is 0 Å². The molecule has 0 fully saturated rings. The summed E-state index contributed by atoms with van der Waals surface area (Å²) in [5.41, 5.74) is -0.00248. The van der Waals surface area contributed by atoms with E-state index < -0.39 is 23.5 Å². The van der Waals surface area contributed by atoms with Crippen molar-refractivity contribution < 1.29 is 23.5 Å². The Hall–Kier alpha value is -2.02. The largest absolute Gasteiger partial charge is 0.480 e. The van der Waals surface area contributed by atoms with Gasteiger partial charge in [0.15, 0.2) is 0 Å². The molecule has 1 aromatic carbocycles. The molecule has 7 heteroatoms. The van der Waals surface area contributed by atoms with Crippen LogP contribution >= 0.6 is 0 Å². The van der Waals surface area contributed by atoms with E-state index in [4.69, 9.17) is 5.11 Å². The standard InChI is InChI=1S/C14H18F2N2O3/c1-9(2)6-18(8-14(20)21)7-13(19)17-12-4-10(15)3-11(16)5-12/h3-5,9H,6-8H2,1-2H3,(H,17,19)(H,20,21). The Morgan fingerprint density at radius 3 is 2.24 bits per heavy atom. The van der Waals surface area contributed by atoms with Crippen LogP contribution in [0.4, 0.5) is 14.5 Å². The molecule has 0 bridgehead atoms. The number of amides is 1. The smallest absolute Gasteiger partial charge is 0.317 e. The van der Waals surface area contributed by atoms with Gasteiger partial charge in [-0.3, -0.25) is 14.5 Å². The summed E-state index contributed by atoms with van der Waals surface area (Å²) < 4.78 is 26.0. The number of aliphatic carboxylic acids is 1. The van der Waals surface area contributed by atoms with Gasteiger partial charge in [0.1, 0.15) is 11.6 Å². The van der Waals surface area contributed by atoms with Gasteiger partial charge >= 0.3 is 5.97 Å². The van der Waals surface area contributed by atoms with Gasteiger partial charge in [0.25, 0.3) is 0 Å². The molecule has 0 atom stereocenters. The third kappa shape index (κ3) is 6.80. The average molecular weight is 300 g/mol. The molecule has 0 aliphatic heterocycles. The molecule has 0 radical (unpaired) electrons. The molecule has 5 nitrogen and oxygen atoms in total. The van der Waals surface area contributed by atoms with Crippen LogP contribution in [-0.2, 0) is 9.59 Å². The van der Waals surface area contributed by atoms with Crippen LogP contribution in [0, 0.1) is 17.6 Å². The maximum atomic E-state index is 13.0. The lowest BCUT2D eigenvalue weighted by Crippen LogP contribution is -2.39. The lowest BCUT2D eigenvalue weighted by Gasteiger charge is -2.21. The fourth-order valence-electron chi connectivity index (χ4n) is 1.92. The van der Waals surface area contributed by atoms with Gasteiger partial charge in [-0.1, -0.05) is 13.8 Å². The molecule has 0 spiro atoms. The van der Waals surface area contributed by atoms with E-state index in [-0.39, 0.29) is 24.7 Å². The fraction of sp³-hybridized carbons (Fsp3) is 0.429. The molecule has 0 saturated carbocycles. The summed E-state index contributed by atoms with van der Waals surface area (Å²) in [6.07, 6.45) is 0. The Morgan fingerprint density at radius 2 is 1.76 bits per heavy atom. The summed E-state index contributed by atoms with van der Waals surface area (Å²) in [5, 5.41) is 11.1. The van der Waals surface area contributed by atoms with Crippen LogP contribution in [-0.4, -0.2) is 41.5 Å². The van der Waals surface area contributed by atoms with Gasteiger partial charge in [-0.05, 0) is 18.1 Å². The molecule has 0 unspecified atom stereocenters. The van der Waals surface area contributed by atoms with Gasteiger partial charge in [-0.25, -0.2) is 8.78 Å². The Morgan fingerprint density at radius 1 is 1.19 bits per heavy atom. The molecule has 0 saturated heterocycles. The summed E-state index contributed by atoms with van der Waals surface area (Å²) >= 11 is 0. The lowest BCUT2D eigenvalue weighted by atomic mass is 10.2. The number of hydrogen-bond acceptors (Lipinski definition) is 3. The molecule has 21 heavy (non-hydrogen) atoms. The molecule has 0 aromatic heterocycles. The molecule has 1 rings (SSSR count). The first-order valence-corrected chi connectivity index (χ1v) is 6.46. The number of benzene rings is 1. The minimum absolute atomic E-state index is 0.00248. The average Bonchev–Trinajstić information content (AvgIpc) is 2.24. The number of carboxylic acids is 1. The maximum absolute atomic E-state index is 13.0. The van der Waals surface area contributed by atoms with E-state index in [2.05, 4.69) is 5.32 Å². The third-order valence-corrected chi connectivity index (χ3v) is 2.50. The SMILES string of the molecule is CC(C)CN(CC(=O)O)CC(=O)Nc1cc(F)cc(F)c1. The number of nitrogens with zero attached hydrogens (tertiary/aromatic N) is 1. The van der Waals surface area contributed by atoms with Gasteiger partial charge < -0.3 is 10.4 Å². The molecule has 2 N–H and O–H groups in total. The Bertz CT molecular complexity index is 501. The molecule has 116 valence electrons. The predicted octanol–water partition coefficient (Wildman–Crippen LogP) is 1.95. The number of nitrogens with one attached hydrogen (secondary N) is 1. The van der Waals surface area contributed by atoms with Gasteiger partial charge in [0.2, 0.25) is 5.91 Å². The second-order valence-corrected chi connectivity index (χ2v) is 5.16. The third-order valence-electron chi connectivity index (χ3n) is 2.50. The summed E-state index contributed by atoms with van der Waals surface area (Å²) in [7, 11) is 0. The molecule has 1 amide bonds. The summed E-state index contributed by atoms with van der Waals surface area (Å²) in [6, 6.07) is 2.68. The van der Waals surface area contributed by atoms with Crippen LogP contribution in [0.5, 0.6) is 0 Å². The zero-order valence-electron chi connectivity index (χ0n) is 11.9. The highest BCUT2D eigenvalue weighted by atomic mass is 19.1. The number of rotatable bonds is 7. The minimum Gasteiger partial charge on any atom is -0.480 e. The Balaban J connectivity index is 2.66. The van der Waals surface area contributed by atoms with E-state index in [9.17, 15) is 18.4 Å². The number of carbonyl (C=O) groups is 2. The van der Waals surface area contributed by atoms with Crippen LogP contribution in [0.3, 0.4) is 0 Å². The van der Waals surface area contributed by atoms with E-state index in [1.807, 2.05) is 13.8 Å². The van der Waals surface area contributed by atoms with Crippen LogP contribution < -0.4 is 5.32 Å². The monoisotopic (exact) mass is 300 g/mol. The topological polar surface area (TPSA) is 69.6 Å². The quantitative estimate of drug-likeness (QED) is 0.807. The summed E-state index contributed by atoms with van der Waals surface area (Å²) in [5.74, 6) is -2.98. The first-order valence-electron chi connectivity index (χ1n) is 6.46. The number of carboxylic acid groups (broad SMARTS) is 1. The van der Waals surface area contributed by atoms with Crippen molar-refractivity contribution in [2.24, 2.45) is 5.92 Å². The second-order valence-electron chi connectivity index (χ2n) is 5.16. The van der Waals surface area contributed by atoms with Crippen molar-refractivity contribution >= 4 is 17.6 Å². The highest BCUT2D eigenvalue weighted by Crippen LogP contribution is 2.12. The van der Waals surface area contributed by atoms with Crippen molar-refractivity contribution in [1.29, 1.82) is 0 Å². The van der Waals surface area contributed by atoms with Crippen molar-refractivity contribution in [3.63, 3.8) is 0 Å². The first-order chi connectivity index (χ1) is 9.76. The first kappa shape index (κ1) is 17.0. The minimum atomic E-state index is -1.04. The van der Waals surface area contributed by atoms with Crippen molar-refractivity contribution in [3.8, 4) is 0 Å². The second kappa shape index (κ2) is 7.68. The predicted molar refractivity (Wildman–Crippen MR) is 73.9 cm³/mol. The summed E-state index contributed by atoms with van der Waals surface area (Å²) in [4.78, 5) is 24.0. The molecule has 1 aromatic rings. The lowest BCUT2D eigenvalue weighted by molar-refractivity contribution is -0.138. The highest BCUT2D eigenvalue weighted by Gasteiger charge is 2.15.